The summed E-state index contributed by atoms with van der Waals surface area (Å²) in [6.07, 6.45) is 1.36. The number of aromatic nitrogens is 2. The lowest BCUT2D eigenvalue weighted by Crippen LogP contribution is -2.51. The van der Waals surface area contributed by atoms with Gasteiger partial charge in [-0.2, -0.15) is 12.7 Å². The molecule has 3 rings (SSSR count). The van der Waals surface area contributed by atoms with Crippen LogP contribution in [0.2, 0.25) is 5.02 Å². The van der Waals surface area contributed by atoms with Gasteiger partial charge in [-0.1, -0.05) is 11.6 Å². The molecule has 9 heteroatoms. The van der Waals surface area contributed by atoms with Gasteiger partial charge in [0.25, 0.3) is 10.2 Å². The van der Waals surface area contributed by atoms with E-state index in [0.29, 0.717) is 37.5 Å². The average Bonchev–Trinajstić information content (AvgIpc) is 2.94. The number of imidazole rings is 1. The highest BCUT2D eigenvalue weighted by molar-refractivity contribution is 7.87. The third kappa shape index (κ3) is 4.25. The topological polar surface area (TPSA) is 81.3 Å². The van der Waals surface area contributed by atoms with Gasteiger partial charge in [0.15, 0.2) is 0 Å². The number of likely N-dealkylation sites (N-methyl/N-ethyl adjacent to an activating group) is 1. The van der Waals surface area contributed by atoms with E-state index in [1.165, 1.54) is 4.31 Å². The summed E-state index contributed by atoms with van der Waals surface area (Å²) < 4.78 is 28.7. The van der Waals surface area contributed by atoms with E-state index in [9.17, 15) is 8.42 Å². The van der Waals surface area contributed by atoms with E-state index in [2.05, 4.69) is 19.6 Å². The van der Waals surface area contributed by atoms with E-state index in [1.807, 2.05) is 19.2 Å². The molecule has 0 atom stereocenters. The average molecular weight is 372 g/mol. The summed E-state index contributed by atoms with van der Waals surface area (Å²) in [7, 11) is -1.38. The van der Waals surface area contributed by atoms with Crippen LogP contribution in [0.5, 0.6) is 0 Å². The Hall–Kier alpha value is -1.19. The molecule has 0 amide bonds. The molecule has 1 aromatic heterocycles. The number of fused-ring (bicyclic) bond motifs is 1. The zero-order valence-corrected chi connectivity index (χ0v) is 15.2. The number of piperazine rings is 1. The van der Waals surface area contributed by atoms with Crippen molar-refractivity contribution in [1.82, 2.24) is 23.9 Å². The third-order valence-corrected chi connectivity index (χ3v) is 6.02. The van der Waals surface area contributed by atoms with E-state index < -0.39 is 10.2 Å². The van der Waals surface area contributed by atoms with Crippen LogP contribution in [0.3, 0.4) is 0 Å². The number of aryl methyl sites for hydroxylation is 1. The highest BCUT2D eigenvalue weighted by Gasteiger charge is 2.24. The predicted molar refractivity (Wildman–Crippen MR) is 95.4 cm³/mol. The van der Waals surface area contributed by atoms with Crippen molar-refractivity contribution in [2.24, 2.45) is 0 Å². The highest BCUT2D eigenvalue weighted by Crippen LogP contribution is 2.17. The number of H-pyrrole nitrogens is 1. The number of aromatic amines is 1. The fourth-order valence-electron chi connectivity index (χ4n) is 2.73. The SMILES string of the molecule is CN1CCN(S(=O)(=O)NCCCc2nc3ccc(Cl)cc3[nH]2)CC1. The lowest BCUT2D eigenvalue weighted by atomic mass is 10.3. The first-order valence-corrected chi connectivity index (χ1v) is 9.83. The summed E-state index contributed by atoms with van der Waals surface area (Å²) in [5.74, 6) is 0.839. The normalized spacial score (nSPS) is 17.6. The molecule has 0 radical (unpaired) electrons. The number of nitrogens with zero attached hydrogens (tertiary/aromatic N) is 3. The van der Waals surface area contributed by atoms with Gasteiger partial charge in [-0.25, -0.2) is 9.71 Å². The van der Waals surface area contributed by atoms with E-state index in [4.69, 9.17) is 11.6 Å². The first-order valence-electron chi connectivity index (χ1n) is 8.01. The van der Waals surface area contributed by atoms with Crippen LogP contribution < -0.4 is 4.72 Å². The molecule has 24 heavy (non-hydrogen) atoms. The highest BCUT2D eigenvalue weighted by atomic mass is 35.5. The number of hydrogen-bond acceptors (Lipinski definition) is 4. The van der Waals surface area contributed by atoms with Crippen LogP contribution in [0.25, 0.3) is 11.0 Å². The molecule has 0 spiro atoms. The van der Waals surface area contributed by atoms with E-state index in [0.717, 1.165) is 29.9 Å². The summed E-state index contributed by atoms with van der Waals surface area (Å²) in [4.78, 5) is 9.82. The number of hydrogen-bond donors (Lipinski definition) is 2. The minimum atomic E-state index is -3.38. The summed E-state index contributed by atoms with van der Waals surface area (Å²) in [6.45, 7) is 3.00. The Balaban J connectivity index is 1.49. The number of halogens is 1. The van der Waals surface area contributed by atoms with Crippen LogP contribution >= 0.6 is 11.6 Å². The Morgan fingerprint density at radius 2 is 2.04 bits per heavy atom. The van der Waals surface area contributed by atoms with Crippen molar-refractivity contribution in [3.63, 3.8) is 0 Å². The zero-order valence-electron chi connectivity index (χ0n) is 13.6. The fraction of sp³-hybridized carbons (Fsp3) is 0.533. The third-order valence-electron chi connectivity index (χ3n) is 4.17. The maximum atomic E-state index is 12.2. The second kappa shape index (κ2) is 7.37. The van der Waals surface area contributed by atoms with Gasteiger partial charge in [-0.3, -0.25) is 0 Å². The van der Waals surface area contributed by atoms with Crippen LogP contribution in [0.15, 0.2) is 18.2 Å². The Kier molecular flexibility index (Phi) is 5.41. The Bertz CT molecular complexity index is 799. The van der Waals surface area contributed by atoms with Crippen LogP contribution in [0.4, 0.5) is 0 Å². The molecule has 2 aromatic rings. The molecule has 2 N–H and O–H groups in total. The van der Waals surface area contributed by atoms with Crippen molar-refractivity contribution in [2.75, 3.05) is 39.8 Å². The molecular weight excluding hydrogens is 350 g/mol. The molecule has 0 saturated carbocycles. The Morgan fingerprint density at radius 1 is 1.29 bits per heavy atom. The number of nitrogens with one attached hydrogen (secondary N) is 2. The first-order chi connectivity index (χ1) is 11.4. The van der Waals surface area contributed by atoms with Crippen molar-refractivity contribution in [2.45, 2.75) is 12.8 Å². The molecule has 1 aliphatic heterocycles. The molecular formula is C15H22ClN5O2S. The number of rotatable bonds is 6. The van der Waals surface area contributed by atoms with Gasteiger partial charge in [0.1, 0.15) is 5.82 Å². The Morgan fingerprint density at radius 3 is 2.79 bits per heavy atom. The standard InChI is InChI=1S/C15H22ClN5O2S/c1-20-7-9-21(10-8-20)24(22,23)17-6-2-3-15-18-13-5-4-12(16)11-14(13)19-15/h4-5,11,17H,2-3,6-10H2,1H3,(H,18,19). The molecule has 1 aliphatic rings. The van der Waals surface area contributed by atoms with Gasteiger partial charge in [0.05, 0.1) is 11.0 Å². The van der Waals surface area contributed by atoms with Crippen LogP contribution in [0.1, 0.15) is 12.2 Å². The Labute approximate surface area is 147 Å². The molecule has 2 heterocycles. The second-order valence-corrected chi connectivity index (χ2v) is 8.24. The van der Waals surface area contributed by atoms with Gasteiger partial charge >= 0.3 is 0 Å². The van der Waals surface area contributed by atoms with Crippen LogP contribution in [-0.2, 0) is 16.6 Å². The van der Waals surface area contributed by atoms with E-state index in [1.54, 1.807) is 6.07 Å². The maximum absolute atomic E-state index is 12.2. The van der Waals surface area contributed by atoms with Crippen molar-refractivity contribution >= 4 is 32.8 Å². The molecule has 132 valence electrons. The van der Waals surface area contributed by atoms with Gasteiger partial charge in [-0.15, -0.1) is 0 Å². The molecule has 1 aromatic carbocycles. The minimum Gasteiger partial charge on any atom is -0.342 e. The van der Waals surface area contributed by atoms with Crippen molar-refractivity contribution in [3.05, 3.63) is 29.0 Å². The molecule has 1 saturated heterocycles. The maximum Gasteiger partial charge on any atom is 0.279 e. The van der Waals surface area contributed by atoms with Crippen LogP contribution in [-0.4, -0.2) is 67.4 Å². The van der Waals surface area contributed by atoms with Crippen molar-refractivity contribution < 1.29 is 8.42 Å². The summed E-state index contributed by atoms with van der Waals surface area (Å²) in [6, 6.07) is 5.51. The minimum absolute atomic E-state index is 0.395. The quantitative estimate of drug-likeness (QED) is 0.748. The van der Waals surface area contributed by atoms with Crippen molar-refractivity contribution in [1.29, 1.82) is 0 Å². The molecule has 7 nitrogen and oxygen atoms in total. The van der Waals surface area contributed by atoms with Gasteiger partial charge in [0.2, 0.25) is 0 Å². The van der Waals surface area contributed by atoms with E-state index >= 15 is 0 Å². The first kappa shape index (κ1) is 17.6. The fourth-order valence-corrected chi connectivity index (χ4v) is 4.13. The summed E-state index contributed by atoms with van der Waals surface area (Å²) in [5.41, 5.74) is 1.77. The molecule has 0 bridgehead atoms. The van der Waals surface area contributed by atoms with Crippen molar-refractivity contribution in [3.8, 4) is 0 Å². The molecule has 0 unspecified atom stereocenters. The lowest BCUT2D eigenvalue weighted by molar-refractivity contribution is 0.221. The molecule has 1 fully saturated rings. The van der Waals surface area contributed by atoms with Crippen LogP contribution in [0, 0.1) is 0 Å². The lowest BCUT2D eigenvalue weighted by Gasteiger charge is -2.31. The smallest absolute Gasteiger partial charge is 0.279 e. The number of benzene rings is 1. The zero-order chi connectivity index (χ0) is 17.2. The summed E-state index contributed by atoms with van der Waals surface area (Å²) in [5, 5.41) is 0.664. The van der Waals surface area contributed by atoms with Gasteiger partial charge in [0, 0.05) is 44.2 Å². The van der Waals surface area contributed by atoms with E-state index in [-0.39, 0.29) is 0 Å². The predicted octanol–water partition coefficient (Wildman–Crippen LogP) is 1.23. The monoisotopic (exact) mass is 371 g/mol. The molecule has 0 aliphatic carbocycles. The second-order valence-electron chi connectivity index (χ2n) is 6.05. The van der Waals surface area contributed by atoms with Gasteiger partial charge in [-0.05, 0) is 31.7 Å². The summed E-state index contributed by atoms with van der Waals surface area (Å²) >= 11 is 5.96. The van der Waals surface area contributed by atoms with Gasteiger partial charge < -0.3 is 9.88 Å². The largest absolute Gasteiger partial charge is 0.342 e.